The molecule has 0 fully saturated rings. The number of aromatic nitrogens is 1. The van der Waals surface area contributed by atoms with E-state index in [4.69, 9.17) is 28.3 Å². The van der Waals surface area contributed by atoms with Crippen LogP contribution in [0.5, 0.6) is 0 Å². The van der Waals surface area contributed by atoms with Crippen LogP contribution in [0.4, 0.5) is 8.78 Å². The second-order valence-corrected chi connectivity index (χ2v) is 3.26. The molecular formula is C8H5Cl2F2NO2. The van der Waals surface area contributed by atoms with E-state index in [0.717, 1.165) is 6.07 Å². The van der Waals surface area contributed by atoms with Gasteiger partial charge in [-0.1, -0.05) is 11.6 Å². The lowest BCUT2D eigenvalue weighted by atomic mass is 10.1. The summed E-state index contributed by atoms with van der Waals surface area (Å²) in [5, 5.41) is 8.54. The second-order valence-electron chi connectivity index (χ2n) is 2.60. The monoisotopic (exact) mass is 255 g/mol. The van der Waals surface area contributed by atoms with Gasteiger partial charge < -0.3 is 5.11 Å². The standard InChI is InChI=1S/C8H5Cl2F2NO2/c9-2-3-1-4(10)13-6(7(11)12)5(3)8(14)15/h1,7H,2H2,(H,14,15). The van der Waals surface area contributed by atoms with Crippen LogP contribution in [0.1, 0.15) is 28.0 Å². The van der Waals surface area contributed by atoms with E-state index in [-0.39, 0.29) is 16.6 Å². The number of carbonyl (C=O) groups is 1. The number of carboxylic acid groups (broad SMARTS) is 1. The van der Waals surface area contributed by atoms with E-state index in [2.05, 4.69) is 4.98 Å². The molecule has 0 saturated carbocycles. The molecule has 1 rings (SSSR count). The maximum atomic E-state index is 12.5. The summed E-state index contributed by atoms with van der Waals surface area (Å²) in [4.78, 5) is 14.0. The normalized spacial score (nSPS) is 10.7. The second kappa shape index (κ2) is 4.72. The number of pyridine rings is 1. The lowest BCUT2D eigenvalue weighted by molar-refractivity contribution is 0.0681. The van der Waals surface area contributed by atoms with Gasteiger partial charge in [-0.15, -0.1) is 11.6 Å². The summed E-state index contributed by atoms with van der Waals surface area (Å²) in [6.45, 7) is 0. The third-order valence-electron chi connectivity index (χ3n) is 1.66. The Morgan fingerprint density at radius 3 is 2.60 bits per heavy atom. The first-order valence-electron chi connectivity index (χ1n) is 3.74. The molecule has 0 aliphatic rings. The summed E-state index contributed by atoms with van der Waals surface area (Å²) in [7, 11) is 0. The van der Waals surface area contributed by atoms with Crippen molar-refractivity contribution in [2.24, 2.45) is 0 Å². The quantitative estimate of drug-likeness (QED) is 0.667. The minimum atomic E-state index is -3.00. The SMILES string of the molecule is O=C(O)c1c(CCl)cc(Cl)nc1C(F)F. The number of aromatic carboxylic acids is 1. The first kappa shape index (κ1) is 12.1. The first-order valence-corrected chi connectivity index (χ1v) is 4.65. The fourth-order valence-electron chi connectivity index (χ4n) is 1.09. The molecule has 1 heterocycles. The third-order valence-corrected chi connectivity index (χ3v) is 2.14. The Morgan fingerprint density at radius 1 is 1.60 bits per heavy atom. The number of hydrogen-bond donors (Lipinski definition) is 1. The number of halogens is 4. The van der Waals surface area contributed by atoms with Crippen molar-refractivity contribution >= 4 is 29.2 Å². The van der Waals surface area contributed by atoms with Crippen LogP contribution >= 0.6 is 23.2 Å². The van der Waals surface area contributed by atoms with E-state index in [1.54, 1.807) is 0 Å². The van der Waals surface area contributed by atoms with Crippen molar-refractivity contribution < 1.29 is 18.7 Å². The Hall–Kier alpha value is -0.940. The largest absolute Gasteiger partial charge is 0.478 e. The fourth-order valence-corrected chi connectivity index (χ4v) is 1.53. The van der Waals surface area contributed by atoms with Gasteiger partial charge in [-0.2, -0.15) is 0 Å². The number of rotatable bonds is 3. The zero-order valence-corrected chi connectivity index (χ0v) is 8.69. The highest BCUT2D eigenvalue weighted by Gasteiger charge is 2.23. The topological polar surface area (TPSA) is 50.2 Å². The molecule has 0 aliphatic heterocycles. The minimum absolute atomic E-state index is 0.0273. The molecule has 0 amide bonds. The number of alkyl halides is 3. The lowest BCUT2D eigenvalue weighted by Gasteiger charge is -2.08. The molecule has 0 spiro atoms. The van der Waals surface area contributed by atoms with Crippen LogP contribution in [0, 0.1) is 0 Å². The summed E-state index contributed by atoms with van der Waals surface area (Å²) in [6.07, 6.45) is -3.00. The summed E-state index contributed by atoms with van der Waals surface area (Å²) < 4.78 is 24.9. The van der Waals surface area contributed by atoms with Gasteiger partial charge in [0.25, 0.3) is 6.43 Å². The maximum Gasteiger partial charge on any atom is 0.338 e. The van der Waals surface area contributed by atoms with Crippen molar-refractivity contribution in [1.29, 1.82) is 0 Å². The van der Waals surface area contributed by atoms with Crippen molar-refractivity contribution in [3.8, 4) is 0 Å². The zero-order chi connectivity index (χ0) is 11.6. The van der Waals surface area contributed by atoms with Gasteiger partial charge >= 0.3 is 5.97 Å². The van der Waals surface area contributed by atoms with Crippen molar-refractivity contribution in [2.45, 2.75) is 12.3 Å². The third kappa shape index (κ3) is 2.54. The number of carboxylic acids is 1. The average Bonchev–Trinajstić information content (AvgIpc) is 2.15. The molecule has 0 aliphatic carbocycles. The predicted molar refractivity (Wildman–Crippen MR) is 50.7 cm³/mol. The number of hydrogen-bond acceptors (Lipinski definition) is 2. The zero-order valence-electron chi connectivity index (χ0n) is 7.18. The van der Waals surface area contributed by atoms with E-state index in [0.29, 0.717) is 0 Å². The molecule has 0 unspecified atom stereocenters. The molecule has 1 aromatic heterocycles. The van der Waals surface area contributed by atoms with Crippen LogP contribution in [0.25, 0.3) is 0 Å². The van der Waals surface area contributed by atoms with E-state index in [1.165, 1.54) is 0 Å². The highest BCUT2D eigenvalue weighted by Crippen LogP contribution is 2.27. The molecule has 0 saturated heterocycles. The molecule has 82 valence electrons. The summed E-state index contributed by atoms with van der Waals surface area (Å²) in [5.41, 5.74) is -1.41. The van der Waals surface area contributed by atoms with E-state index in [1.807, 2.05) is 0 Å². The highest BCUT2D eigenvalue weighted by molar-refractivity contribution is 6.29. The van der Waals surface area contributed by atoms with Gasteiger partial charge in [0.1, 0.15) is 10.8 Å². The van der Waals surface area contributed by atoms with Gasteiger partial charge in [0, 0.05) is 5.88 Å². The molecule has 15 heavy (non-hydrogen) atoms. The molecule has 0 bridgehead atoms. The Kier molecular flexibility index (Phi) is 3.82. The molecule has 1 N–H and O–H groups in total. The van der Waals surface area contributed by atoms with Crippen LogP contribution in [-0.2, 0) is 5.88 Å². The molecule has 3 nitrogen and oxygen atoms in total. The Morgan fingerprint density at radius 2 is 2.20 bits per heavy atom. The first-order chi connectivity index (χ1) is 6.97. The molecule has 1 aromatic rings. The van der Waals surface area contributed by atoms with Crippen molar-refractivity contribution in [1.82, 2.24) is 4.98 Å². The smallest absolute Gasteiger partial charge is 0.338 e. The predicted octanol–water partition coefficient (Wildman–Crippen LogP) is 3.11. The fraction of sp³-hybridized carbons (Fsp3) is 0.250. The summed E-state index contributed by atoms with van der Waals surface area (Å²) in [6, 6.07) is 1.16. The van der Waals surface area contributed by atoms with Crippen LogP contribution in [-0.4, -0.2) is 16.1 Å². The average molecular weight is 256 g/mol. The highest BCUT2D eigenvalue weighted by atomic mass is 35.5. The van der Waals surface area contributed by atoms with E-state index >= 15 is 0 Å². The van der Waals surface area contributed by atoms with Gasteiger partial charge in [-0.3, -0.25) is 0 Å². The molecule has 0 aromatic carbocycles. The van der Waals surface area contributed by atoms with Crippen molar-refractivity contribution in [2.75, 3.05) is 0 Å². The summed E-state index contributed by atoms with van der Waals surface area (Å²) in [5.74, 6) is -1.71. The lowest BCUT2D eigenvalue weighted by Crippen LogP contribution is -2.09. The van der Waals surface area contributed by atoms with Crippen molar-refractivity contribution in [3.05, 3.63) is 28.0 Å². The molecule has 0 atom stereocenters. The maximum absolute atomic E-state index is 12.5. The minimum Gasteiger partial charge on any atom is -0.478 e. The van der Waals surface area contributed by atoms with Crippen LogP contribution in [0.3, 0.4) is 0 Å². The van der Waals surface area contributed by atoms with Crippen LogP contribution < -0.4 is 0 Å². The number of nitrogens with zero attached hydrogens (tertiary/aromatic N) is 1. The van der Waals surface area contributed by atoms with Gasteiger partial charge in [-0.05, 0) is 11.6 Å². The van der Waals surface area contributed by atoms with E-state index < -0.39 is 23.7 Å². The van der Waals surface area contributed by atoms with Gasteiger partial charge in [0.05, 0.1) is 5.56 Å². The van der Waals surface area contributed by atoms with Gasteiger partial charge in [0.2, 0.25) is 0 Å². The molecule has 0 radical (unpaired) electrons. The van der Waals surface area contributed by atoms with Crippen LogP contribution in [0.2, 0.25) is 5.15 Å². The Bertz CT molecular complexity index is 398. The van der Waals surface area contributed by atoms with Gasteiger partial charge in [-0.25, -0.2) is 18.6 Å². The molecule has 7 heteroatoms. The summed E-state index contributed by atoms with van der Waals surface area (Å²) >= 11 is 10.9. The van der Waals surface area contributed by atoms with Crippen LogP contribution in [0.15, 0.2) is 6.07 Å². The molecular weight excluding hydrogens is 251 g/mol. The van der Waals surface area contributed by atoms with Crippen molar-refractivity contribution in [3.63, 3.8) is 0 Å². The van der Waals surface area contributed by atoms with Gasteiger partial charge in [0.15, 0.2) is 0 Å². The Balaban J connectivity index is 3.47. The Labute approximate surface area is 93.6 Å². The van der Waals surface area contributed by atoms with E-state index in [9.17, 15) is 13.6 Å².